The van der Waals surface area contributed by atoms with Gasteiger partial charge in [0.25, 0.3) is 0 Å². The summed E-state index contributed by atoms with van der Waals surface area (Å²) in [5.41, 5.74) is 1.20. The van der Waals surface area contributed by atoms with E-state index in [9.17, 15) is 8.42 Å². The molecule has 0 fully saturated rings. The lowest BCUT2D eigenvalue weighted by Gasteiger charge is -2.24. The van der Waals surface area contributed by atoms with Gasteiger partial charge in [-0.2, -0.15) is 0 Å². The summed E-state index contributed by atoms with van der Waals surface area (Å²) < 4.78 is 30.9. The molecule has 7 heteroatoms. The van der Waals surface area contributed by atoms with E-state index in [1.807, 2.05) is 0 Å². The number of sulfonamides is 1. The average molecular weight is 360 g/mol. The molecule has 0 bridgehead atoms. The number of nitrogens with zero attached hydrogens (tertiary/aromatic N) is 1. The molecular weight excluding hydrogens is 345 g/mol. The molecule has 0 saturated carbocycles. The van der Waals surface area contributed by atoms with Gasteiger partial charge in [-0.3, -0.25) is 4.31 Å². The Balaban J connectivity index is 2.45. The minimum atomic E-state index is -3.49. The second-order valence-electron chi connectivity index (χ2n) is 4.69. The minimum absolute atomic E-state index is 0.135. The van der Waals surface area contributed by atoms with Crippen molar-refractivity contribution in [2.45, 2.75) is 6.54 Å². The molecule has 0 unspecified atom stereocenters. The Morgan fingerprint density at radius 1 is 1.09 bits per heavy atom. The van der Waals surface area contributed by atoms with E-state index >= 15 is 0 Å². The molecule has 2 aromatic rings. The van der Waals surface area contributed by atoms with Crippen molar-refractivity contribution < 1.29 is 13.2 Å². The van der Waals surface area contributed by atoms with Crippen molar-refractivity contribution in [3.05, 3.63) is 58.1 Å². The van der Waals surface area contributed by atoms with Crippen LogP contribution in [0.5, 0.6) is 5.75 Å². The summed E-state index contributed by atoms with van der Waals surface area (Å²) in [6.45, 7) is 0.135. The molecule has 22 heavy (non-hydrogen) atoms. The van der Waals surface area contributed by atoms with Crippen molar-refractivity contribution in [2.24, 2.45) is 0 Å². The smallest absolute Gasteiger partial charge is 0.232 e. The van der Waals surface area contributed by atoms with Crippen LogP contribution in [-0.2, 0) is 16.6 Å². The molecule has 0 aliphatic rings. The topological polar surface area (TPSA) is 46.6 Å². The summed E-state index contributed by atoms with van der Waals surface area (Å²) in [6, 6.07) is 12.0. The fourth-order valence-electron chi connectivity index (χ4n) is 2.02. The molecule has 118 valence electrons. The summed E-state index contributed by atoms with van der Waals surface area (Å²) in [5, 5.41) is 0.807. The van der Waals surface area contributed by atoms with Crippen LogP contribution in [0.1, 0.15) is 5.56 Å². The summed E-state index contributed by atoms with van der Waals surface area (Å²) in [4.78, 5) is 0. The van der Waals surface area contributed by atoms with E-state index < -0.39 is 10.0 Å². The number of rotatable bonds is 5. The fourth-order valence-corrected chi connectivity index (χ4v) is 3.23. The first kappa shape index (κ1) is 16.9. The molecule has 0 atom stereocenters. The van der Waals surface area contributed by atoms with Crippen LogP contribution < -0.4 is 9.04 Å². The van der Waals surface area contributed by atoms with Gasteiger partial charge >= 0.3 is 0 Å². The lowest BCUT2D eigenvalue weighted by Crippen LogP contribution is -2.29. The van der Waals surface area contributed by atoms with Crippen molar-refractivity contribution in [1.82, 2.24) is 0 Å². The normalized spacial score (nSPS) is 11.3. The van der Waals surface area contributed by atoms with E-state index in [1.165, 1.54) is 11.4 Å². The molecule has 0 aromatic heterocycles. The highest BCUT2D eigenvalue weighted by atomic mass is 35.5. The second-order valence-corrected chi connectivity index (χ2v) is 7.41. The Kier molecular flexibility index (Phi) is 5.21. The minimum Gasteiger partial charge on any atom is -0.495 e. The van der Waals surface area contributed by atoms with Crippen LogP contribution >= 0.6 is 23.2 Å². The van der Waals surface area contributed by atoms with E-state index in [4.69, 9.17) is 27.9 Å². The Morgan fingerprint density at radius 2 is 1.77 bits per heavy atom. The van der Waals surface area contributed by atoms with Crippen molar-refractivity contribution in [3.8, 4) is 5.75 Å². The maximum Gasteiger partial charge on any atom is 0.232 e. The number of benzene rings is 2. The molecule has 0 amide bonds. The fraction of sp³-hybridized carbons (Fsp3) is 0.200. The average Bonchev–Trinajstić information content (AvgIpc) is 2.47. The number of hydrogen-bond donors (Lipinski definition) is 0. The lowest BCUT2D eigenvalue weighted by molar-refractivity contribution is 0.415. The number of para-hydroxylation sites is 2. The SMILES string of the molecule is COc1ccccc1N(Cc1ccc(Cl)c(Cl)c1)S(C)(=O)=O. The monoisotopic (exact) mass is 359 g/mol. The van der Waals surface area contributed by atoms with Gasteiger partial charge in [0.2, 0.25) is 10.0 Å². The van der Waals surface area contributed by atoms with E-state index in [1.54, 1.807) is 42.5 Å². The molecule has 0 heterocycles. The van der Waals surface area contributed by atoms with Crippen molar-refractivity contribution in [3.63, 3.8) is 0 Å². The maximum atomic E-state index is 12.2. The third-order valence-electron chi connectivity index (χ3n) is 3.06. The third kappa shape index (κ3) is 3.85. The summed E-state index contributed by atoms with van der Waals surface area (Å²) in [5.74, 6) is 0.480. The first-order chi connectivity index (χ1) is 10.3. The van der Waals surface area contributed by atoms with Gasteiger partial charge in [-0.1, -0.05) is 41.4 Å². The number of methoxy groups -OCH3 is 1. The quantitative estimate of drug-likeness (QED) is 0.811. The summed E-state index contributed by atoms with van der Waals surface area (Å²) in [6.07, 6.45) is 1.15. The zero-order chi connectivity index (χ0) is 16.3. The van der Waals surface area contributed by atoms with E-state index in [2.05, 4.69) is 0 Å². The Morgan fingerprint density at radius 3 is 2.36 bits per heavy atom. The lowest BCUT2D eigenvalue weighted by atomic mass is 10.2. The first-order valence-corrected chi connectivity index (χ1v) is 8.98. The van der Waals surface area contributed by atoms with E-state index in [-0.39, 0.29) is 6.54 Å². The first-order valence-electron chi connectivity index (χ1n) is 6.37. The van der Waals surface area contributed by atoms with Crippen molar-refractivity contribution in [2.75, 3.05) is 17.7 Å². The van der Waals surface area contributed by atoms with Crippen LogP contribution in [0.2, 0.25) is 10.0 Å². The molecule has 0 aliphatic heterocycles. The molecule has 4 nitrogen and oxygen atoms in total. The zero-order valence-corrected chi connectivity index (χ0v) is 14.4. The Labute approximate surface area is 140 Å². The van der Waals surface area contributed by atoms with Gasteiger partial charge in [0.05, 0.1) is 35.6 Å². The van der Waals surface area contributed by atoms with Gasteiger partial charge in [0, 0.05) is 0 Å². The van der Waals surface area contributed by atoms with Crippen LogP contribution in [-0.4, -0.2) is 21.8 Å². The highest BCUT2D eigenvalue weighted by Gasteiger charge is 2.21. The number of ether oxygens (including phenoxy) is 1. The molecular formula is C15H15Cl2NO3S. The molecule has 2 aromatic carbocycles. The second kappa shape index (κ2) is 6.77. The van der Waals surface area contributed by atoms with Crippen molar-refractivity contribution in [1.29, 1.82) is 0 Å². The van der Waals surface area contributed by atoms with Crippen LogP contribution in [0.25, 0.3) is 0 Å². The molecule has 0 saturated heterocycles. The van der Waals surface area contributed by atoms with Crippen molar-refractivity contribution >= 4 is 38.9 Å². The molecule has 2 rings (SSSR count). The van der Waals surface area contributed by atoms with Gasteiger partial charge < -0.3 is 4.74 Å². The number of anilines is 1. The zero-order valence-electron chi connectivity index (χ0n) is 12.1. The molecule has 0 aliphatic carbocycles. The van der Waals surface area contributed by atoms with Crippen LogP contribution in [0.3, 0.4) is 0 Å². The Bertz CT molecular complexity index is 778. The third-order valence-corrected chi connectivity index (χ3v) is 4.93. The van der Waals surface area contributed by atoms with Gasteiger partial charge in [-0.25, -0.2) is 8.42 Å². The number of halogens is 2. The highest BCUT2D eigenvalue weighted by molar-refractivity contribution is 7.92. The maximum absolute atomic E-state index is 12.2. The molecule has 0 radical (unpaired) electrons. The van der Waals surface area contributed by atoms with E-state index in [0.29, 0.717) is 21.5 Å². The van der Waals surface area contributed by atoms with Crippen LogP contribution in [0.4, 0.5) is 5.69 Å². The summed E-state index contributed by atoms with van der Waals surface area (Å²) in [7, 11) is -2.00. The van der Waals surface area contributed by atoms with E-state index in [0.717, 1.165) is 11.8 Å². The largest absolute Gasteiger partial charge is 0.495 e. The molecule has 0 N–H and O–H groups in total. The van der Waals surface area contributed by atoms with Gasteiger partial charge in [0.1, 0.15) is 5.75 Å². The predicted molar refractivity (Wildman–Crippen MR) is 90.5 cm³/mol. The Hall–Kier alpha value is -1.43. The highest BCUT2D eigenvalue weighted by Crippen LogP contribution is 2.31. The molecule has 0 spiro atoms. The van der Waals surface area contributed by atoms with Crippen LogP contribution in [0, 0.1) is 0 Å². The standard InChI is InChI=1S/C15H15Cl2NO3S/c1-21-15-6-4-3-5-14(15)18(22(2,19)20)10-11-7-8-12(16)13(17)9-11/h3-9H,10H2,1-2H3. The summed E-state index contributed by atoms with van der Waals surface area (Å²) >= 11 is 11.9. The van der Waals surface area contributed by atoms with Crippen LogP contribution in [0.15, 0.2) is 42.5 Å². The van der Waals surface area contributed by atoms with Gasteiger partial charge in [-0.05, 0) is 29.8 Å². The number of hydrogen-bond acceptors (Lipinski definition) is 3. The van der Waals surface area contributed by atoms with Gasteiger partial charge in [0.15, 0.2) is 0 Å². The van der Waals surface area contributed by atoms with Gasteiger partial charge in [-0.15, -0.1) is 0 Å². The predicted octanol–water partition coefficient (Wildman–Crippen LogP) is 3.97.